The van der Waals surface area contributed by atoms with Gasteiger partial charge in [0.05, 0.1) is 0 Å². The predicted octanol–water partition coefficient (Wildman–Crippen LogP) is 0.336. The SMILES string of the molecule is O=C1CN(C2CC(F)(F)C2)C(=O)N1. The van der Waals surface area contributed by atoms with E-state index in [9.17, 15) is 18.4 Å². The Hall–Kier alpha value is -1.20. The summed E-state index contributed by atoms with van der Waals surface area (Å²) in [6.07, 6.45) is -0.651. The van der Waals surface area contributed by atoms with E-state index >= 15 is 0 Å². The third-order valence-electron chi connectivity index (χ3n) is 2.33. The molecule has 0 bridgehead atoms. The monoisotopic (exact) mass is 190 g/mol. The van der Waals surface area contributed by atoms with Gasteiger partial charge in [-0.15, -0.1) is 0 Å². The molecular weight excluding hydrogens is 182 g/mol. The average Bonchev–Trinajstić information content (AvgIpc) is 2.24. The summed E-state index contributed by atoms with van der Waals surface area (Å²) in [4.78, 5) is 22.9. The molecule has 0 aromatic rings. The highest BCUT2D eigenvalue weighted by Crippen LogP contribution is 2.40. The largest absolute Gasteiger partial charge is 0.324 e. The van der Waals surface area contributed by atoms with Crippen molar-refractivity contribution >= 4 is 11.9 Å². The Labute approximate surface area is 72.9 Å². The summed E-state index contributed by atoms with van der Waals surface area (Å²) in [6.45, 7) is -0.0838. The first kappa shape index (κ1) is 8.40. The minimum atomic E-state index is -2.66. The van der Waals surface area contributed by atoms with Crippen molar-refractivity contribution in [1.29, 1.82) is 0 Å². The number of nitrogens with one attached hydrogen (secondary N) is 1. The fourth-order valence-corrected chi connectivity index (χ4v) is 1.60. The first-order chi connectivity index (χ1) is 5.98. The number of urea groups is 1. The summed E-state index contributed by atoms with van der Waals surface area (Å²) < 4.78 is 24.8. The van der Waals surface area contributed by atoms with Crippen LogP contribution in [0.15, 0.2) is 0 Å². The number of carbonyl (C=O) groups excluding carboxylic acids is 2. The molecule has 1 heterocycles. The number of rotatable bonds is 1. The van der Waals surface area contributed by atoms with E-state index in [0.717, 1.165) is 0 Å². The van der Waals surface area contributed by atoms with E-state index in [-0.39, 0.29) is 19.4 Å². The van der Waals surface area contributed by atoms with Crippen molar-refractivity contribution in [2.45, 2.75) is 24.8 Å². The number of carbonyl (C=O) groups is 2. The fourth-order valence-electron chi connectivity index (χ4n) is 1.60. The quantitative estimate of drug-likeness (QED) is 0.606. The second-order valence-electron chi connectivity index (χ2n) is 3.40. The molecule has 1 saturated carbocycles. The van der Waals surface area contributed by atoms with E-state index in [1.807, 2.05) is 5.32 Å². The zero-order chi connectivity index (χ0) is 9.64. The van der Waals surface area contributed by atoms with E-state index in [2.05, 4.69) is 0 Å². The molecule has 0 spiro atoms. The maximum Gasteiger partial charge on any atom is 0.324 e. The van der Waals surface area contributed by atoms with Gasteiger partial charge < -0.3 is 4.90 Å². The molecular formula is C7H8F2N2O2. The molecule has 13 heavy (non-hydrogen) atoms. The zero-order valence-electron chi connectivity index (χ0n) is 6.72. The lowest BCUT2D eigenvalue weighted by molar-refractivity contribution is -0.124. The van der Waals surface area contributed by atoms with E-state index in [4.69, 9.17) is 0 Å². The summed E-state index contributed by atoms with van der Waals surface area (Å²) in [7, 11) is 0. The topological polar surface area (TPSA) is 49.4 Å². The first-order valence-corrected chi connectivity index (χ1v) is 3.96. The molecule has 1 saturated heterocycles. The van der Waals surface area contributed by atoms with Crippen LogP contribution in [0, 0.1) is 0 Å². The van der Waals surface area contributed by atoms with Crippen molar-refractivity contribution < 1.29 is 18.4 Å². The molecule has 3 amide bonds. The summed E-state index contributed by atoms with van der Waals surface area (Å²) >= 11 is 0. The van der Waals surface area contributed by atoms with Gasteiger partial charge in [0.2, 0.25) is 5.91 Å². The number of nitrogens with zero attached hydrogens (tertiary/aromatic N) is 1. The van der Waals surface area contributed by atoms with Gasteiger partial charge in [-0.05, 0) is 0 Å². The van der Waals surface area contributed by atoms with Crippen LogP contribution in [0.25, 0.3) is 0 Å². The second-order valence-corrected chi connectivity index (χ2v) is 3.40. The molecule has 0 aromatic carbocycles. The van der Waals surface area contributed by atoms with Crippen LogP contribution < -0.4 is 5.32 Å². The van der Waals surface area contributed by atoms with Crippen molar-refractivity contribution in [1.82, 2.24) is 10.2 Å². The number of halogens is 2. The lowest BCUT2D eigenvalue weighted by atomic mass is 9.87. The summed E-state index contributed by atoms with van der Waals surface area (Å²) in [6, 6.07) is -1.02. The van der Waals surface area contributed by atoms with Crippen molar-refractivity contribution in [3.8, 4) is 0 Å². The van der Waals surface area contributed by atoms with E-state index < -0.39 is 23.9 Å². The number of hydrogen-bond acceptors (Lipinski definition) is 2. The maximum atomic E-state index is 12.4. The lowest BCUT2D eigenvalue weighted by Crippen LogP contribution is -2.51. The maximum absolute atomic E-state index is 12.4. The fraction of sp³-hybridized carbons (Fsp3) is 0.714. The molecule has 2 aliphatic rings. The molecule has 0 atom stereocenters. The molecule has 0 aromatic heterocycles. The predicted molar refractivity (Wildman–Crippen MR) is 38.2 cm³/mol. The Morgan fingerprint density at radius 1 is 1.38 bits per heavy atom. The third kappa shape index (κ3) is 1.36. The van der Waals surface area contributed by atoms with E-state index in [0.29, 0.717) is 0 Å². The highest BCUT2D eigenvalue weighted by molar-refractivity contribution is 6.02. The van der Waals surface area contributed by atoms with Crippen LogP contribution in [0.1, 0.15) is 12.8 Å². The number of alkyl halides is 2. The molecule has 72 valence electrons. The molecule has 1 aliphatic heterocycles. The van der Waals surface area contributed by atoms with Gasteiger partial charge in [-0.3, -0.25) is 10.1 Å². The Balaban J connectivity index is 1.97. The van der Waals surface area contributed by atoms with Crippen LogP contribution in [0.2, 0.25) is 0 Å². The number of imide groups is 1. The highest BCUT2D eigenvalue weighted by Gasteiger charge is 2.50. The van der Waals surface area contributed by atoms with Crippen molar-refractivity contribution in [3.05, 3.63) is 0 Å². The molecule has 2 rings (SSSR count). The van der Waals surface area contributed by atoms with Crippen LogP contribution in [-0.2, 0) is 4.79 Å². The smallest absolute Gasteiger partial charge is 0.312 e. The molecule has 0 radical (unpaired) electrons. The average molecular weight is 190 g/mol. The van der Waals surface area contributed by atoms with Gasteiger partial charge in [-0.2, -0.15) is 0 Å². The van der Waals surface area contributed by atoms with Crippen LogP contribution in [-0.4, -0.2) is 35.3 Å². The van der Waals surface area contributed by atoms with Gasteiger partial charge in [-0.1, -0.05) is 0 Å². The van der Waals surface area contributed by atoms with Gasteiger partial charge in [0.25, 0.3) is 5.92 Å². The molecule has 1 N–H and O–H groups in total. The van der Waals surface area contributed by atoms with Gasteiger partial charge in [0.1, 0.15) is 6.54 Å². The van der Waals surface area contributed by atoms with Crippen LogP contribution in [0.3, 0.4) is 0 Å². The minimum absolute atomic E-state index is 0.0838. The normalized spacial score (nSPS) is 27.4. The van der Waals surface area contributed by atoms with Crippen LogP contribution in [0.5, 0.6) is 0 Å². The molecule has 0 unspecified atom stereocenters. The highest BCUT2D eigenvalue weighted by atomic mass is 19.3. The van der Waals surface area contributed by atoms with Crippen molar-refractivity contribution in [3.63, 3.8) is 0 Å². The van der Waals surface area contributed by atoms with Gasteiger partial charge in [-0.25, -0.2) is 13.6 Å². The molecule has 2 fully saturated rings. The van der Waals surface area contributed by atoms with Gasteiger partial charge in [0, 0.05) is 18.9 Å². The summed E-state index contributed by atoms with van der Waals surface area (Å²) in [5.41, 5.74) is 0. The Morgan fingerprint density at radius 2 is 2.00 bits per heavy atom. The van der Waals surface area contributed by atoms with Gasteiger partial charge >= 0.3 is 6.03 Å². The van der Waals surface area contributed by atoms with Crippen molar-refractivity contribution in [2.75, 3.05) is 6.54 Å². The molecule has 4 nitrogen and oxygen atoms in total. The number of hydrogen-bond donors (Lipinski definition) is 1. The summed E-state index contributed by atoms with van der Waals surface area (Å²) in [5.74, 6) is -3.07. The van der Waals surface area contributed by atoms with Crippen molar-refractivity contribution in [2.24, 2.45) is 0 Å². The van der Waals surface area contributed by atoms with Gasteiger partial charge in [0.15, 0.2) is 0 Å². The standard InChI is InChI=1S/C7H8F2N2O2/c8-7(9)1-4(2-7)11-3-5(12)10-6(11)13/h4H,1-3H2,(H,10,12,13). The second kappa shape index (κ2) is 2.40. The molecule has 1 aliphatic carbocycles. The number of amides is 3. The first-order valence-electron chi connectivity index (χ1n) is 3.96. The Morgan fingerprint density at radius 3 is 2.38 bits per heavy atom. The Bertz CT molecular complexity index is 272. The Kier molecular flexibility index (Phi) is 1.55. The van der Waals surface area contributed by atoms with E-state index in [1.165, 1.54) is 4.90 Å². The van der Waals surface area contributed by atoms with Crippen LogP contribution in [0.4, 0.5) is 13.6 Å². The zero-order valence-corrected chi connectivity index (χ0v) is 6.72. The summed E-state index contributed by atoms with van der Waals surface area (Å²) in [5, 5.41) is 2.05. The van der Waals surface area contributed by atoms with E-state index in [1.54, 1.807) is 0 Å². The third-order valence-corrected chi connectivity index (χ3v) is 2.33. The molecule has 6 heteroatoms. The van der Waals surface area contributed by atoms with Crippen LogP contribution >= 0.6 is 0 Å². The minimum Gasteiger partial charge on any atom is -0.312 e. The lowest BCUT2D eigenvalue weighted by Gasteiger charge is -2.39.